The molecular formula is C7H6N2O2. The van der Waals surface area contributed by atoms with E-state index in [1.54, 1.807) is 6.07 Å². The topological polar surface area (TPSA) is 59.2 Å². The zero-order chi connectivity index (χ0) is 7.68. The van der Waals surface area contributed by atoms with Crippen LogP contribution >= 0.6 is 0 Å². The zero-order valence-electron chi connectivity index (χ0n) is 5.69. The normalized spacial score (nSPS) is 10.6. The zero-order valence-corrected chi connectivity index (χ0v) is 5.69. The fraction of sp³-hybridized carbons (Fsp3) is 0.143. The van der Waals surface area contributed by atoms with Crippen LogP contribution in [-0.4, -0.2) is 15.3 Å². The summed E-state index contributed by atoms with van der Waals surface area (Å²) in [7, 11) is 0. The van der Waals surface area contributed by atoms with Crippen LogP contribution in [0.4, 0.5) is 0 Å². The molecule has 0 amide bonds. The van der Waals surface area contributed by atoms with Gasteiger partial charge in [-0.1, -0.05) is 0 Å². The molecule has 4 heteroatoms. The van der Waals surface area contributed by atoms with Gasteiger partial charge in [0.25, 0.3) is 0 Å². The van der Waals surface area contributed by atoms with Crippen LogP contribution < -0.4 is 0 Å². The van der Waals surface area contributed by atoms with E-state index in [0.29, 0.717) is 5.69 Å². The average molecular weight is 150 g/mol. The highest BCUT2D eigenvalue weighted by Crippen LogP contribution is 2.21. The standard InChI is InChI=1S/C7H6N2O2/c10-3-7-5-4-11-2-1-6(5)8-9-7/h1-2,4,10H,3H2. The summed E-state index contributed by atoms with van der Waals surface area (Å²) >= 11 is 0. The van der Waals surface area contributed by atoms with Crippen molar-refractivity contribution in [3.05, 3.63) is 24.3 Å². The van der Waals surface area contributed by atoms with E-state index in [-0.39, 0.29) is 6.61 Å². The van der Waals surface area contributed by atoms with Crippen molar-refractivity contribution in [2.75, 3.05) is 0 Å². The molecule has 0 atom stereocenters. The molecule has 0 saturated heterocycles. The molecular weight excluding hydrogens is 144 g/mol. The molecule has 0 bridgehead atoms. The third kappa shape index (κ3) is 0.877. The Balaban J connectivity index is 2.64. The minimum absolute atomic E-state index is 0.101. The number of aliphatic hydroxyl groups excluding tert-OH is 1. The maximum absolute atomic E-state index is 8.78. The molecule has 0 aromatic rings. The quantitative estimate of drug-likeness (QED) is 0.648. The van der Waals surface area contributed by atoms with Crippen LogP contribution in [0, 0.1) is 0 Å². The van der Waals surface area contributed by atoms with Crippen LogP contribution in [-0.2, 0) is 6.61 Å². The van der Waals surface area contributed by atoms with Crippen LogP contribution in [0.1, 0.15) is 5.69 Å². The number of rotatable bonds is 1. The number of aromatic nitrogens is 2. The largest absolute Gasteiger partial charge is 0.472 e. The molecule has 11 heavy (non-hydrogen) atoms. The first-order valence-corrected chi connectivity index (χ1v) is 3.20. The number of fused-ring (bicyclic) bond motifs is 1. The van der Waals surface area contributed by atoms with Crippen LogP contribution in [0.3, 0.4) is 0 Å². The summed E-state index contributed by atoms with van der Waals surface area (Å²) in [6.07, 6.45) is 3.05. The Morgan fingerprint density at radius 2 is 2.36 bits per heavy atom. The maximum atomic E-state index is 8.78. The third-order valence-corrected chi connectivity index (χ3v) is 1.51. The van der Waals surface area contributed by atoms with Crippen molar-refractivity contribution in [3.8, 4) is 11.3 Å². The van der Waals surface area contributed by atoms with E-state index in [1.807, 2.05) is 0 Å². The molecule has 0 aromatic carbocycles. The van der Waals surface area contributed by atoms with Crippen LogP contribution in [0.25, 0.3) is 11.3 Å². The summed E-state index contributed by atoms with van der Waals surface area (Å²) in [4.78, 5) is 0. The lowest BCUT2D eigenvalue weighted by atomic mass is 10.2. The predicted molar refractivity (Wildman–Crippen MR) is 36.8 cm³/mol. The van der Waals surface area contributed by atoms with Crippen LogP contribution in [0.5, 0.6) is 0 Å². The summed E-state index contributed by atoms with van der Waals surface area (Å²) in [6.45, 7) is -0.101. The molecule has 2 aliphatic heterocycles. The minimum Gasteiger partial charge on any atom is -0.472 e. The van der Waals surface area contributed by atoms with Crippen LogP contribution in [0.15, 0.2) is 23.0 Å². The molecule has 2 rings (SSSR count). The molecule has 0 aliphatic carbocycles. The van der Waals surface area contributed by atoms with E-state index >= 15 is 0 Å². The summed E-state index contributed by atoms with van der Waals surface area (Å²) in [5, 5.41) is 16.4. The predicted octanol–water partition coefficient (Wildman–Crippen LogP) is 0.667. The first-order chi connectivity index (χ1) is 5.42. The van der Waals surface area contributed by atoms with Gasteiger partial charge in [-0.2, -0.15) is 5.10 Å². The summed E-state index contributed by atoms with van der Waals surface area (Å²) in [5.74, 6) is 0. The molecule has 4 nitrogen and oxygen atoms in total. The highest BCUT2D eigenvalue weighted by molar-refractivity contribution is 5.60. The summed E-state index contributed by atoms with van der Waals surface area (Å²) in [6, 6.07) is 1.71. The monoisotopic (exact) mass is 150 g/mol. The van der Waals surface area contributed by atoms with Crippen molar-refractivity contribution < 1.29 is 9.52 Å². The van der Waals surface area contributed by atoms with Gasteiger partial charge in [0.2, 0.25) is 0 Å². The fourth-order valence-corrected chi connectivity index (χ4v) is 0.949. The van der Waals surface area contributed by atoms with Crippen molar-refractivity contribution in [1.29, 1.82) is 0 Å². The second-order valence-electron chi connectivity index (χ2n) is 2.16. The van der Waals surface area contributed by atoms with Gasteiger partial charge in [-0.05, 0) is 0 Å². The molecule has 1 N–H and O–H groups in total. The lowest BCUT2D eigenvalue weighted by Crippen LogP contribution is -1.83. The van der Waals surface area contributed by atoms with Gasteiger partial charge in [0.1, 0.15) is 17.7 Å². The number of aliphatic hydroxyl groups is 1. The second-order valence-corrected chi connectivity index (χ2v) is 2.16. The van der Waals surface area contributed by atoms with Crippen LogP contribution in [0.2, 0.25) is 0 Å². The minimum atomic E-state index is -0.101. The summed E-state index contributed by atoms with van der Waals surface area (Å²) in [5.41, 5.74) is 2.08. The van der Waals surface area contributed by atoms with Crippen molar-refractivity contribution >= 4 is 0 Å². The lowest BCUT2D eigenvalue weighted by Gasteiger charge is -1.93. The SMILES string of the molecule is OCc1nnc2ccocc1-2. The van der Waals surface area contributed by atoms with E-state index in [4.69, 9.17) is 9.52 Å². The average Bonchev–Trinajstić information content (AvgIpc) is 2.47. The van der Waals surface area contributed by atoms with Gasteiger partial charge in [0, 0.05) is 6.07 Å². The molecule has 0 spiro atoms. The Hall–Kier alpha value is -1.42. The molecule has 0 radical (unpaired) electrons. The van der Waals surface area contributed by atoms with Gasteiger partial charge < -0.3 is 9.52 Å². The van der Waals surface area contributed by atoms with E-state index in [0.717, 1.165) is 11.3 Å². The number of hydrogen-bond acceptors (Lipinski definition) is 4. The Morgan fingerprint density at radius 1 is 1.45 bits per heavy atom. The smallest absolute Gasteiger partial charge is 0.102 e. The van der Waals surface area contributed by atoms with Crippen molar-refractivity contribution in [3.63, 3.8) is 0 Å². The van der Waals surface area contributed by atoms with Crippen molar-refractivity contribution in [2.24, 2.45) is 0 Å². The molecule has 0 fully saturated rings. The fourth-order valence-electron chi connectivity index (χ4n) is 0.949. The maximum Gasteiger partial charge on any atom is 0.102 e. The lowest BCUT2D eigenvalue weighted by molar-refractivity contribution is 0.277. The Labute approximate surface area is 62.8 Å². The third-order valence-electron chi connectivity index (χ3n) is 1.51. The number of nitrogens with zero attached hydrogens (tertiary/aromatic N) is 2. The van der Waals surface area contributed by atoms with E-state index in [9.17, 15) is 0 Å². The molecule has 0 unspecified atom stereocenters. The van der Waals surface area contributed by atoms with Gasteiger partial charge in [-0.3, -0.25) is 0 Å². The molecule has 0 saturated carbocycles. The molecule has 2 aliphatic rings. The molecule has 56 valence electrons. The highest BCUT2D eigenvalue weighted by Gasteiger charge is 2.11. The van der Waals surface area contributed by atoms with Gasteiger partial charge in [0.15, 0.2) is 0 Å². The first-order valence-electron chi connectivity index (χ1n) is 3.20. The number of hydrogen-bond donors (Lipinski definition) is 1. The Kier molecular flexibility index (Phi) is 1.33. The van der Waals surface area contributed by atoms with Gasteiger partial charge in [0.05, 0.1) is 18.4 Å². The van der Waals surface area contributed by atoms with Gasteiger partial charge in [-0.15, -0.1) is 5.10 Å². The second kappa shape index (κ2) is 2.32. The van der Waals surface area contributed by atoms with Crippen molar-refractivity contribution in [1.82, 2.24) is 10.2 Å². The molecule has 0 aromatic heterocycles. The Bertz CT molecular complexity index is 331. The highest BCUT2D eigenvalue weighted by atomic mass is 16.3. The van der Waals surface area contributed by atoms with Crippen molar-refractivity contribution in [2.45, 2.75) is 6.61 Å². The van der Waals surface area contributed by atoms with Gasteiger partial charge in [-0.25, -0.2) is 0 Å². The first kappa shape index (κ1) is 6.30. The summed E-state index contributed by atoms with van der Waals surface area (Å²) < 4.78 is 4.90. The van der Waals surface area contributed by atoms with Gasteiger partial charge >= 0.3 is 0 Å². The van der Waals surface area contributed by atoms with E-state index < -0.39 is 0 Å². The Morgan fingerprint density at radius 3 is 3.18 bits per heavy atom. The molecule has 2 heterocycles. The van der Waals surface area contributed by atoms with E-state index in [2.05, 4.69) is 10.2 Å². The van der Waals surface area contributed by atoms with E-state index in [1.165, 1.54) is 12.5 Å².